The molecule has 0 bridgehead atoms. The van der Waals surface area contributed by atoms with E-state index in [0.717, 1.165) is 12.6 Å². The molecule has 0 aromatic heterocycles. The van der Waals surface area contributed by atoms with E-state index in [1.54, 1.807) is 13.8 Å². The Morgan fingerprint density at radius 2 is 1.32 bits per heavy atom. The number of likely N-dealkylation sites (N-methyl/N-ethyl adjacent to an activating group) is 1. The number of aliphatic hydroxyl groups is 5. The highest BCUT2D eigenvalue weighted by molar-refractivity contribution is 6.15. The molecule has 6 N–H and O–H groups in total. The van der Waals surface area contributed by atoms with Gasteiger partial charge in [-0.25, -0.2) is 14.4 Å². The minimum atomic E-state index is -1.15. The molecule has 0 spiro atoms. The van der Waals surface area contributed by atoms with Gasteiger partial charge in [0.05, 0.1) is 76.2 Å². The predicted octanol–water partition coefficient (Wildman–Crippen LogP) is -0.763. The van der Waals surface area contributed by atoms with E-state index < -0.39 is 17.9 Å². The van der Waals surface area contributed by atoms with Crippen LogP contribution in [0.4, 0.5) is 0 Å². The topological polar surface area (TPSA) is 204 Å². The number of aromatic carboxylic acids is 1. The van der Waals surface area contributed by atoms with Crippen LogP contribution in [0, 0.1) is 5.41 Å². The Morgan fingerprint density at radius 3 is 1.65 bits per heavy atom. The van der Waals surface area contributed by atoms with Gasteiger partial charge in [0.15, 0.2) is 0 Å². The third kappa shape index (κ3) is 18.4. The molecule has 1 heterocycles. The first-order chi connectivity index (χ1) is 17.4. The second-order valence-electron chi connectivity index (χ2n) is 8.42. The molecule has 0 radical (unpaired) electrons. The molecule has 13 nitrogen and oxygen atoms in total. The summed E-state index contributed by atoms with van der Waals surface area (Å²) in [7, 11) is 3.85. The first-order valence-electron chi connectivity index (χ1n) is 11.4. The number of aliphatic hydroxyl groups excluding tert-OH is 5. The maximum absolute atomic E-state index is 11.0. The maximum Gasteiger partial charge on any atom is 0.346 e. The van der Waals surface area contributed by atoms with Crippen LogP contribution in [0.5, 0.6) is 0 Å². The van der Waals surface area contributed by atoms with Gasteiger partial charge in [-0.1, -0.05) is 13.8 Å². The second-order valence-corrected chi connectivity index (χ2v) is 8.42. The largest absolute Gasteiger partial charge is 0.478 e. The first-order valence-corrected chi connectivity index (χ1v) is 11.4. The van der Waals surface area contributed by atoms with Gasteiger partial charge < -0.3 is 49.7 Å². The molecule has 1 aliphatic heterocycles. The number of carboxylic acid groups (broad SMARTS) is 1. The Morgan fingerprint density at radius 1 is 0.838 bits per heavy atom. The number of carbonyl (C=O) groups is 3. The fourth-order valence-electron chi connectivity index (χ4n) is 1.92. The average molecular weight is 536 g/mol. The number of cyclic esters (lactones) is 2. The average Bonchev–Trinajstić information content (AvgIpc) is 3.15. The van der Waals surface area contributed by atoms with Crippen molar-refractivity contribution in [2.24, 2.45) is 5.41 Å². The van der Waals surface area contributed by atoms with E-state index in [0.29, 0.717) is 26.4 Å². The van der Waals surface area contributed by atoms with Crippen molar-refractivity contribution >= 4 is 17.9 Å². The molecule has 13 heteroatoms. The van der Waals surface area contributed by atoms with Gasteiger partial charge in [-0.3, -0.25) is 0 Å². The third-order valence-corrected chi connectivity index (χ3v) is 4.14. The molecule has 1 aromatic rings. The first kappa shape index (κ1) is 36.7. The van der Waals surface area contributed by atoms with Gasteiger partial charge in [-0.15, -0.1) is 0 Å². The van der Waals surface area contributed by atoms with Crippen LogP contribution in [-0.2, 0) is 14.2 Å². The molecule has 0 atom stereocenters. The van der Waals surface area contributed by atoms with E-state index in [1.807, 2.05) is 19.0 Å². The molecule has 1 aliphatic rings. The zero-order chi connectivity index (χ0) is 28.9. The van der Waals surface area contributed by atoms with Crippen LogP contribution >= 0.6 is 0 Å². The number of benzene rings is 1. The van der Waals surface area contributed by atoms with Crippen molar-refractivity contribution < 1.29 is 59.2 Å². The summed E-state index contributed by atoms with van der Waals surface area (Å²) in [6.07, 6.45) is 0. The number of rotatable bonds is 12. The summed E-state index contributed by atoms with van der Waals surface area (Å²) >= 11 is 0. The lowest BCUT2D eigenvalue weighted by Crippen LogP contribution is -2.20. The Labute approximate surface area is 216 Å². The fourth-order valence-corrected chi connectivity index (χ4v) is 1.92. The molecule has 214 valence electrons. The second kappa shape index (κ2) is 21.6. The zero-order valence-corrected chi connectivity index (χ0v) is 21.9. The molecule has 2 rings (SSSR count). The predicted molar refractivity (Wildman–Crippen MR) is 133 cm³/mol. The highest BCUT2D eigenvalue weighted by Crippen LogP contribution is 2.21. The van der Waals surface area contributed by atoms with Crippen LogP contribution in [-0.4, -0.2) is 134 Å². The lowest BCUT2D eigenvalue weighted by Gasteiger charge is -2.16. The van der Waals surface area contributed by atoms with E-state index >= 15 is 0 Å². The van der Waals surface area contributed by atoms with Crippen molar-refractivity contribution in [3.05, 3.63) is 34.9 Å². The molecule has 0 amide bonds. The van der Waals surface area contributed by atoms with Gasteiger partial charge in [-0.2, -0.15) is 0 Å². The number of nitrogens with zero attached hydrogens (tertiary/aromatic N) is 1. The summed E-state index contributed by atoms with van der Waals surface area (Å²) < 4.78 is 14.0. The lowest BCUT2D eigenvalue weighted by atomic mass is 9.97. The molecule has 0 fully saturated rings. The molecule has 1 aromatic carbocycles. The standard InChI is InChI=1S/C9H4O5.C6H14O4.C5H12O2.C4H11NO/c10-7(11)4-1-2-5-6(3-4)9(13)14-8(5)12;7-1-3-9-5-6-10-4-2-8;1-5(2,3-6)4-7;1-5(2)3-4-6/h1-3H,(H,10,11);7-8H,1-6H2;6-7H,3-4H2,1-2H3;6H,3-4H2,1-2H3. The SMILES string of the molecule is CC(C)(CO)CO.CN(C)CCO.O=C(O)c1ccc2c(c1)C(=O)OC2=O.OCCOCCOCCO. The van der Waals surface area contributed by atoms with Crippen LogP contribution < -0.4 is 0 Å². The molecule has 0 saturated heterocycles. The highest BCUT2D eigenvalue weighted by atomic mass is 16.6. The van der Waals surface area contributed by atoms with Crippen LogP contribution in [0.2, 0.25) is 0 Å². The maximum atomic E-state index is 11.0. The van der Waals surface area contributed by atoms with Gasteiger partial charge in [0.25, 0.3) is 0 Å². The lowest BCUT2D eigenvalue weighted by molar-refractivity contribution is 0.0222. The smallest absolute Gasteiger partial charge is 0.346 e. The molecule has 0 unspecified atom stereocenters. The van der Waals surface area contributed by atoms with Crippen molar-refractivity contribution in [3.63, 3.8) is 0 Å². The fraction of sp³-hybridized carbons (Fsp3) is 0.625. The summed E-state index contributed by atoms with van der Waals surface area (Å²) in [5.41, 5.74) is -0.231. The Hall–Kier alpha value is -2.49. The molecular weight excluding hydrogens is 494 g/mol. The van der Waals surface area contributed by atoms with Crippen molar-refractivity contribution in [1.82, 2.24) is 4.90 Å². The van der Waals surface area contributed by atoms with E-state index in [2.05, 4.69) is 4.74 Å². The number of esters is 2. The van der Waals surface area contributed by atoms with Crippen LogP contribution in [0.1, 0.15) is 44.9 Å². The molecular formula is C24H41NO12. The van der Waals surface area contributed by atoms with Crippen molar-refractivity contribution in [2.75, 3.05) is 80.1 Å². The van der Waals surface area contributed by atoms with E-state index in [-0.39, 0.29) is 55.1 Å². The summed E-state index contributed by atoms with van der Waals surface area (Å²) in [4.78, 5) is 34.5. The summed E-state index contributed by atoms with van der Waals surface area (Å²) in [5.74, 6) is -2.69. The Bertz CT molecular complexity index is 769. The van der Waals surface area contributed by atoms with Crippen LogP contribution in [0.3, 0.4) is 0 Å². The number of hydrogen-bond acceptors (Lipinski definition) is 12. The molecule has 0 aliphatic carbocycles. The van der Waals surface area contributed by atoms with Crippen LogP contribution in [0.25, 0.3) is 0 Å². The van der Waals surface area contributed by atoms with E-state index in [4.69, 9.17) is 40.1 Å². The molecule has 37 heavy (non-hydrogen) atoms. The quantitative estimate of drug-likeness (QED) is 0.111. The third-order valence-electron chi connectivity index (χ3n) is 4.14. The van der Waals surface area contributed by atoms with Crippen molar-refractivity contribution in [2.45, 2.75) is 13.8 Å². The van der Waals surface area contributed by atoms with Crippen molar-refractivity contribution in [3.8, 4) is 0 Å². The van der Waals surface area contributed by atoms with Gasteiger partial charge in [0.2, 0.25) is 0 Å². The van der Waals surface area contributed by atoms with E-state index in [9.17, 15) is 14.4 Å². The van der Waals surface area contributed by atoms with Gasteiger partial charge in [0.1, 0.15) is 0 Å². The highest BCUT2D eigenvalue weighted by Gasteiger charge is 2.30. The monoisotopic (exact) mass is 535 g/mol. The number of ether oxygens (including phenoxy) is 3. The summed E-state index contributed by atoms with van der Waals surface area (Å²) in [6.45, 7) is 6.44. The minimum Gasteiger partial charge on any atom is -0.478 e. The van der Waals surface area contributed by atoms with Gasteiger partial charge in [0, 0.05) is 12.0 Å². The van der Waals surface area contributed by atoms with Crippen LogP contribution in [0.15, 0.2) is 18.2 Å². The van der Waals surface area contributed by atoms with Crippen molar-refractivity contribution in [1.29, 1.82) is 0 Å². The Kier molecular flexibility index (Phi) is 21.4. The summed E-state index contributed by atoms with van der Waals surface area (Å²) in [6, 6.07) is 3.65. The normalized spacial score (nSPS) is 11.8. The zero-order valence-electron chi connectivity index (χ0n) is 21.9. The van der Waals surface area contributed by atoms with E-state index in [1.165, 1.54) is 12.1 Å². The number of fused-ring (bicyclic) bond motifs is 1. The van der Waals surface area contributed by atoms with Gasteiger partial charge in [-0.05, 0) is 32.3 Å². The minimum absolute atomic E-state index is 0.00917. The number of carboxylic acids is 1. The van der Waals surface area contributed by atoms with Gasteiger partial charge >= 0.3 is 17.9 Å². The molecule has 0 saturated carbocycles. The number of carbonyl (C=O) groups excluding carboxylic acids is 2. The number of hydrogen-bond donors (Lipinski definition) is 6. The Balaban J connectivity index is 0. The summed E-state index contributed by atoms with van der Waals surface area (Å²) in [5, 5.41) is 50.2.